The van der Waals surface area contributed by atoms with E-state index in [0.29, 0.717) is 12.5 Å². The lowest BCUT2D eigenvalue weighted by molar-refractivity contribution is -0.145. The molecule has 3 unspecified atom stereocenters. The molecule has 1 saturated carbocycles. The minimum atomic E-state index is -0.642. The third-order valence-electron chi connectivity index (χ3n) is 4.06. The van der Waals surface area contributed by atoms with Crippen molar-refractivity contribution >= 4 is 5.97 Å². The zero-order chi connectivity index (χ0) is 13.7. The van der Waals surface area contributed by atoms with E-state index in [0.717, 1.165) is 25.9 Å². The van der Waals surface area contributed by atoms with Crippen LogP contribution in [0.3, 0.4) is 0 Å². The molecule has 1 aromatic carbocycles. The second kappa shape index (κ2) is 6.71. The molecule has 1 aromatic rings. The number of carboxylic acid groups (broad SMARTS) is 1. The molecule has 3 nitrogen and oxygen atoms in total. The molecule has 1 aliphatic carbocycles. The van der Waals surface area contributed by atoms with E-state index in [1.165, 1.54) is 5.56 Å². The Hall–Kier alpha value is -1.35. The molecule has 1 N–H and O–H groups in total. The maximum absolute atomic E-state index is 11.0. The predicted octanol–water partition coefficient (Wildman–Crippen LogP) is 3.34. The molecule has 0 saturated heterocycles. The summed E-state index contributed by atoms with van der Waals surface area (Å²) in [5.41, 5.74) is 1.19. The first-order chi connectivity index (χ1) is 9.16. The average Bonchev–Trinajstić information content (AvgIpc) is 2.39. The molecule has 0 heterocycles. The first kappa shape index (κ1) is 14.1. The van der Waals surface area contributed by atoms with Crippen molar-refractivity contribution in [1.29, 1.82) is 0 Å². The van der Waals surface area contributed by atoms with Crippen LogP contribution in [-0.4, -0.2) is 17.7 Å². The van der Waals surface area contributed by atoms with Crippen LogP contribution in [0.25, 0.3) is 0 Å². The van der Waals surface area contributed by atoms with E-state index in [1.807, 2.05) is 25.1 Å². The first-order valence-electron chi connectivity index (χ1n) is 7.01. The van der Waals surface area contributed by atoms with Gasteiger partial charge in [0.15, 0.2) is 0 Å². The van der Waals surface area contributed by atoms with E-state index in [9.17, 15) is 4.79 Å². The third kappa shape index (κ3) is 4.06. The molecular weight excluding hydrogens is 240 g/mol. The fraction of sp³-hybridized carbons (Fsp3) is 0.562. The monoisotopic (exact) mass is 262 g/mol. The van der Waals surface area contributed by atoms with Gasteiger partial charge in [0.05, 0.1) is 12.5 Å². The highest BCUT2D eigenvalue weighted by Gasteiger charge is 2.32. The lowest BCUT2D eigenvalue weighted by atomic mass is 9.75. The second-order valence-electron chi connectivity index (χ2n) is 5.60. The topological polar surface area (TPSA) is 46.5 Å². The lowest BCUT2D eigenvalue weighted by Gasteiger charge is -2.31. The molecule has 104 valence electrons. The van der Waals surface area contributed by atoms with Crippen LogP contribution in [0.1, 0.15) is 31.7 Å². The molecule has 0 bridgehead atoms. The molecular formula is C16H22O3. The van der Waals surface area contributed by atoms with E-state index in [4.69, 9.17) is 9.84 Å². The van der Waals surface area contributed by atoms with Gasteiger partial charge in [-0.05, 0) is 36.7 Å². The minimum absolute atomic E-state index is 0.162. The summed E-state index contributed by atoms with van der Waals surface area (Å²) in [4.78, 5) is 11.0. The van der Waals surface area contributed by atoms with Crippen molar-refractivity contribution in [2.45, 2.75) is 32.8 Å². The van der Waals surface area contributed by atoms with Gasteiger partial charge in [-0.3, -0.25) is 4.79 Å². The summed E-state index contributed by atoms with van der Waals surface area (Å²) in [6.45, 7) is 3.43. The van der Waals surface area contributed by atoms with Crippen LogP contribution in [0.15, 0.2) is 30.3 Å². The zero-order valence-electron chi connectivity index (χ0n) is 11.4. The van der Waals surface area contributed by atoms with Crippen molar-refractivity contribution in [3.63, 3.8) is 0 Å². The van der Waals surface area contributed by atoms with Crippen LogP contribution in [0.5, 0.6) is 0 Å². The zero-order valence-corrected chi connectivity index (χ0v) is 11.4. The molecule has 19 heavy (non-hydrogen) atoms. The number of carboxylic acids is 1. The van der Waals surface area contributed by atoms with Gasteiger partial charge in [0.2, 0.25) is 0 Å². The van der Waals surface area contributed by atoms with E-state index in [-0.39, 0.29) is 11.8 Å². The number of ether oxygens (including phenoxy) is 1. The number of benzene rings is 1. The Labute approximate surface area is 114 Å². The Morgan fingerprint density at radius 2 is 2.05 bits per heavy atom. The maximum Gasteiger partial charge on any atom is 0.306 e. The van der Waals surface area contributed by atoms with Crippen molar-refractivity contribution < 1.29 is 14.6 Å². The van der Waals surface area contributed by atoms with E-state index < -0.39 is 5.97 Å². The fourth-order valence-electron chi connectivity index (χ4n) is 2.94. The standard InChI is InChI=1S/C16H22O3/c1-12-9-14(7-8-15(12)16(17)18)11-19-10-13-5-3-2-4-6-13/h2-6,12,14-15H,7-11H2,1H3,(H,17,18). The van der Waals surface area contributed by atoms with Crippen LogP contribution in [-0.2, 0) is 16.1 Å². The summed E-state index contributed by atoms with van der Waals surface area (Å²) < 4.78 is 5.76. The summed E-state index contributed by atoms with van der Waals surface area (Å²) >= 11 is 0. The first-order valence-corrected chi connectivity index (χ1v) is 7.01. The van der Waals surface area contributed by atoms with Gasteiger partial charge in [-0.25, -0.2) is 0 Å². The number of carbonyl (C=O) groups is 1. The summed E-state index contributed by atoms with van der Waals surface area (Å²) in [6, 6.07) is 10.1. The third-order valence-corrected chi connectivity index (χ3v) is 4.06. The summed E-state index contributed by atoms with van der Waals surface area (Å²) in [6.07, 6.45) is 2.72. The highest BCUT2D eigenvalue weighted by molar-refractivity contribution is 5.70. The lowest BCUT2D eigenvalue weighted by Crippen LogP contribution is -2.30. The van der Waals surface area contributed by atoms with Gasteiger partial charge in [-0.2, -0.15) is 0 Å². The smallest absolute Gasteiger partial charge is 0.306 e. The van der Waals surface area contributed by atoms with Crippen molar-refractivity contribution in [3.05, 3.63) is 35.9 Å². The molecule has 0 radical (unpaired) electrons. The Morgan fingerprint density at radius 1 is 1.32 bits per heavy atom. The Morgan fingerprint density at radius 3 is 2.68 bits per heavy atom. The molecule has 0 amide bonds. The van der Waals surface area contributed by atoms with E-state index >= 15 is 0 Å². The highest BCUT2D eigenvalue weighted by atomic mass is 16.5. The molecule has 2 rings (SSSR count). The van der Waals surface area contributed by atoms with Crippen molar-refractivity contribution in [1.82, 2.24) is 0 Å². The van der Waals surface area contributed by atoms with Gasteiger partial charge < -0.3 is 9.84 Å². The molecule has 0 aromatic heterocycles. The number of hydrogen-bond donors (Lipinski definition) is 1. The van der Waals surface area contributed by atoms with Gasteiger partial charge in [0.1, 0.15) is 0 Å². The van der Waals surface area contributed by atoms with Gasteiger partial charge >= 0.3 is 5.97 Å². The Bertz CT molecular complexity index is 402. The molecule has 1 aliphatic rings. The van der Waals surface area contributed by atoms with Crippen LogP contribution in [0.2, 0.25) is 0 Å². The van der Waals surface area contributed by atoms with Crippen LogP contribution < -0.4 is 0 Å². The predicted molar refractivity (Wildman–Crippen MR) is 73.7 cm³/mol. The van der Waals surface area contributed by atoms with Crippen LogP contribution in [0, 0.1) is 17.8 Å². The van der Waals surface area contributed by atoms with Gasteiger partial charge in [0.25, 0.3) is 0 Å². The highest BCUT2D eigenvalue weighted by Crippen LogP contribution is 2.34. The second-order valence-corrected chi connectivity index (χ2v) is 5.60. The van der Waals surface area contributed by atoms with Crippen molar-refractivity contribution in [3.8, 4) is 0 Å². The minimum Gasteiger partial charge on any atom is -0.481 e. The summed E-state index contributed by atoms with van der Waals surface area (Å²) in [7, 11) is 0. The molecule has 1 fully saturated rings. The normalized spacial score (nSPS) is 27.1. The quantitative estimate of drug-likeness (QED) is 0.885. The SMILES string of the molecule is CC1CC(COCc2ccccc2)CCC1C(=O)O. The molecule has 0 spiro atoms. The van der Waals surface area contributed by atoms with E-state index in [1.54, 1.807) is 0 Å². The van der Waals surface area contributed by atoms with E-state index in [2.05, 4.69) is 12.1 Å². The van der Waals surface area contributed by atoms with Gasteiger partial charge in [-0.15, -0.1) is 0 Å². The van der Waals surface area contributed by atoms with Gasteiger partial charge in [0, 0.05) is 6.61 Å². The van der Waals surface area contributed by atoms with Gasteiger partial charge in [-0.1, -0.05) is 37.3 Å². The Balaban J connectivity index is 1.72. The largest absolute Gasteiger partial charge is 0.481 e. The number of aliphatic carboxylic acids is 1. The van der Waals surface area contributed by atoms with Crippen LogP contribution in [0.4, 0.5) is 0 Å². The average molecular weight is 262 g/mol. The molecule has 3 heteroatoms. The fourth-order valence-corrected chi connectivity index (χ4v) is 2.94. The van der Waals surface area contributed by atoms with Crippen molar-refractivity contribution in [2.24, 2.45) is 17.8 Å². The Kier molecular flexibility index (Phi) is 4.97. The summed E-state index contributed by atoms with van der Waals surface area (Å²) in [5, 5.41) is 9.09. The van der Waals surface area contributed by atoms with Crippen LogP contribution >= 0.6 is 0 Å². The number of hydrogen-bond acceptors (Lipinski definition) is 2. The van der Waals surface area contributed by atoms with Crippen molar-refractivity contribution in [2.75, 3.05) is 6.61 Å². The molecule has 0 aliphatic heterocycles. The maximum atomic E-state index is 11.0. The number of rotatable bonds is 5. The summed E-state index contributed by atoms with van der Waals surface area (Å²) in [5.74, 6) is -0.0348. The molecule has 3 atom stereocenters.